The van der Waals surface area contributed by atoms with E-state index in [9.17, 15) is 14.0 Å². The minimum atomic E-state index is -0.489. The van der Waals surface area contributed by atoms with E-state index in [4.69, 9.17) is 0 Å². The molecule has 0 saturated heterocycles. The number of aromatic nitrogens is 4. The molecule has 0 bridgehead atoms. The Labute approximate surface area is 148 Å². The van der Waals surface area contributed by atoms with Gasteiger partial charge in [0.2, 0.25) is 0 Å². The van der Waals surface area contributed by atoms with Crippen LogP contribution >= 0.6 is 0 Å². The monoisotopic (exact) mass is 353 g/mol. The van der Waals surface area contributed by atoms with Crippen LogP contribution in [-0.2, 0) is 13.5 Å². The predicted octanol–water partition coefficient (Wildman–Crippen LogP) is 1.86. The van der Waals surface area contributed by atoms with E-state index in [0.29, 0.717) is 17.7 Å². The Balaban J connectivity index is 1.68. The standard InChI is InChI=1S/C18H16FN5O2/c1-11-9-12(3-5-14(11)19)10-13-4-7-16(22-21-13)20-18(26)15-6-8-17(25)24(2)23-15/h3-9H,10H2,1-2H3,(H,20,22,26). The first kappa shape index (κ1) is 17.4. The van der Waals surface area contributed by atoms with Gasteiger partial charge >= 0.3 is 0 Å². The summed E-state index contributed by atoms with van der Waals surface area (Å²) in [6.45, 7) is 1.70. The summed E-state index contributed by atoms with van der Waals surface area (Å²) in [6, 6.07) is 10.8. The number of carbonyl (C=O) groups excluding carboxylic acids is 1. The Morgan fingerprint density at radius 2 is 1.96 bits per heavy atom. The third-order valence-electron chi connectivity index (χ3n) is 3.76. The minimum Gasteiger partial charge on any atom is -0.304 e. The average Bonchev–Trinajstić information content (AvgIpc) is 2.62. The Bertz CT molecular complexity index is 1010. The maximum atomic E-state index is 13.3. The van der Waals surface area contributed by atoms with E-state index in [0.717, 1.165) is 10.2 Å². The highest BCUT2D eigenvalue weighted by Crippen LogP contribution is 2.13. The van der Waals surface area contributed by atoms with Crippen molar-refractivity contribution in [3.8, 4) is 0 Å². The van der Waals surface area contributed by atoms with E-state index in [1.807, 2.05) is 0 Å². The second-order valence-corrected chi connectivity index (χ2v) is 5.80. The van der Waals surface area contributed by atoms with Gasteiger partial charge in [-0.2, -0.15) is 10.2 Å². The highest BCUT2D eigenvalue weighted by molar-refractivity contribution is 6.02. The summed E-state index contributed by atoms with van der Waals surface area (Å²) in [5.74, 6) is -0.466. The van der Waals surface area contributed by atoms with E-state index < -0.39 is 5.91 Å². The molecule has 1 amide bonds. The van der Waals surface area contributed by atoms with Gasteiger partial charge in [0.05, 0.1) is 5.69 Å². The second kappa shape index (κ2) is 7.22. The normalized spacial score (nSPS) is 10.6. The molecule has 7 nitrogen and oxygen atoms in total. The van der Waals surface area contributed by atoms with Gasteiger partial charge in [-0.25, -0.2) is 9.07 Å². The fourth-order valence-corrected chi connectivity index (χ4v) is 2.35. The summed E-state index contributed by atoms with van der Waals surface area (Å²) in [4.78, 5) is 23.4. The van der Waals surface area contributed by atoms with E-state index in [2.05, 4.69) is 20.6 Å². The minimum absolute atomic E-state index is 0.0970. The van der Waals surface area contributed by atoms with Gasteiger partial charge in [-0.1, -0.05) is 12.1 Å². The molecule has 0 atom stereocenters. The topological polar surface area (TPSA) is 89.8 Å². The van der Waals surface area contributed by atoms with E-state index in [-0.39, 0.29) is 22.9 Å². The molecule has 132 valence electrons. The third-order valence-corrected chi connectivity index (χ3v) is 3.76. The van der Waals surface area contributed by atoms with Crippen LogP contribution in [0.3, 0.4) is 0 Å². The first-order chi connectivity index (χ1) is 12.4. The molecule has 0 aliphatic heterocycles. The number of amides is 1. The fourth-order valence-electron chi connectivity index (χ4n) is 2.35. The van der Waals surface area contributed by atoms with Crippen LogP contribution in [0.4, 0.5) is 10.2 Å². The summed E-state index contributed by atoms with van der Waals surface area (Å²) in [6.07, 6.45) is 0.505. The molecule has 3 aromatic rings. The van der Waals surface area contributed by atoms with Gasteiger partial charge in [-0.15, -0.1) is 5.10 Å². The van der Waals surface area contributed by atoms with Crippen LogP contribution < -0.4 is 10.9 Å². The maximum absolute atomic E-state index is 13.3. The molecule has 2 heterocycles. The van der Waals surface area contributed by atoms with Gasteiger partial charge in [0.1, 0.15) is 11.5 Å². The van der Waals surface area contributed by atoms with Crippen LogP contribution in [0.1, 0.15) is 27.3 Å². The van der Waals surface area contributed by atoms with Gasteiger partial charge in [0.25, 0.3) is 11.5 Å². The fraction of sp³-hybridized carbons (Fsp3) is 0.167. The van der Waals surface area contributed by atoms with Gasteiger partial charge < -0.3 is 5.32 Å². The smallest absolute Gasteiger partial charge is 0.277 e. The zero-order valence-corrected chi connectivity index (χ0v) is 14.2. The van der Waals surface area contributed by atoms with Gasteiger partial charge in [0, 0.05) is 19.5 Å². The van der Waals surface area contributed by atoms with Crippen molar-refractivity contribution < 1.29 is 9.18 Å². The van der Waals surface area contributed by atoms with Crippen molar-refractivity contribution in [2.45, 2.75) is 13.3 Å². The lowest BCUT2D eigenvalue weighted by Crippen LogP contribution is -2.23. The van der Waals surface area contributed by atoms with Crippen molar-refractivity contribution in [3.05, 3.63) is 81.2 Å². The van der Waals surface area contributed by atoms with Crippen molar-refractivity contribution in [3.63, 3.8) is 0 Å². The van der Waals surface area contributed by atoms with Crippen LogP contribution in [0.2, 0.25) is 0 Å². The number of aryl methyl sites for hydroxylation is 2. The largest absolute Gasteiger partial charge is 0.304 e. The van der Waals surface area contributed by atoms with Gasteiger partial charge in [-0.3, -0.25) is 9.59 Å². The Morgan fingerprint density at radius 1 is 1.15 bits per heavy atom. The third kappa shape index (κ3) is 3.97. The number of nitrogens with one attached hydrogen (secondary N) is 1. The van der Waals surface area contributed by atoms with E-state index in [1.54, 1.807) is 31.2 Å². The molecule has 26 heavy (non-hydrogen) atoms. The van der Waals surface area contributed by atoms with Crippen LogP contribution in [0.25, 0.3) is 0 Å². The van der Waals surface area contributed by atoms with Crippen molar-refractivity contribution in [2.75, 3.05) is 5.32 Å². The average molecular weight is 353 g/mol. The Hall–Kier alpha value is -3.42. The maximum Gasteiger partial charge on any atom is 0.277 e. The zero-order chi connectivity index (χ0) is 18.7. The first-order valence-electron chi connectivity index (χ1n) is 7.86. The lowest BCUT2D eigenvalue weighted by Gasteiger charge is -2.06. The molecule has 8 heteroatoms. The molecule has 0 radical (unpaired) electrons. The molecular formula is C18H16FN5O2. The molecule has 0 fully saturated rings. The van der Waals surface area contributed by atoms with E-state index >= 15 is 0 Å². The lowest BCUT2D eigenvalue weighted by molar-refractivity contribution is 0.101. The summed E-state index contributed by atoms with van der Waals surface area (Å²) < 4.78 is 14.4. The van der Waals surface area contributed by atoms with E-state index in [1.165, 1.54) is 25.2 Å². The quantitative estimate of drug-likeness (QED) is 0.773. The lowest BCUT2D eigenvalue weighted by atomic mass is 10.1. The van der Waals surface area contributed by atoms with Crippen molar-refractivity contribution >= 4 is 11.7 Å². The number of nitrogens with zero attached hydrogens (tertiary/aromatic N) is 4. The zero-order valence-electron chi connectivity index (χ0n) is 14.2. The molecule has 1 aromatic carbocycles. The number of halogens is 1. The molecular weight excluding hydrogens is 337 g/mol. The Morgan fingerprint density at radius 3 is 2.62 bits per heavy atom. The van der Waals surface area contributed by atoms with Crippen LogP contribution in [0.15, 0.2) is 47.3 Å². The number of rotatable bonds is 4. The number of anilines is 1. The molecule has 3 rings (SSSR count). The van der Waals surface area contributed by atoms with Gasteiger partial charge in [0.15, 0.2) is 5.82 Å². The van der Waals surface area contributed by atoms with Crippen LogP contribution in [-0.4, -0.2) is 25.9 Å². The van der Waals surface area contributed by atoms with Crippen LogP contribution in [0, 0.1) is 12.7 Å². The van der Waals surface area contributed by atoms with Crippen molar-refractivity contribution in [1.29, 1.82) is 0 Å². The summed E-state index contributed by atoms with van der Waals surface area (Å²) in [5, 5.41) is 14.5. The molecule has 0 saturated carbocycles. The first-order valence-corrected chi connectivity index (χ1v) is 7.86. The SMILES string of the molecule is Cc1cc(Cc2ccc(NC(=O)c3ccc(=O)n(C)n3)nn2)ccc1F. The Kier molecular flexibility index (Phi) is 4.83. The number of carbonyl (C=O) groups is 1. The predicted molar refractivity (Wildman–Crippen MR) is 93.4 cm³/mol. The molecule has 0 aliphatic carbocycles. The highest BCUT2D eigenvalue weighted by atomic mass is 19.1. The molecule has 2 aromatic heterocycles. The number of hydrogen-bond donors (Lipinski definition) is 1. The molecule has 0 aliphatic rings. The summed E-state index contributed by atoms with van der Waals surface area (Å²) >= 11 is 0. The number of hydrogen-bond acceptors (Lipinski definition) is 5. The van der Waals surface area contributed by atoms with Crippen molar-refractivity contribution in [2.24, 2.45) is 7.05 Å². The summed E-state index contributed by atoms with van der Waals surface area (Å²) in [7, 11) is 1.46. The second-order valence-electron chi connectivity index (χ2n) is 5.80. The molecule has 0 unspecified atom stereocenters. The molecule has 1 N–H and O–H groups in total. The van der Waals surface area contributed by atoms with Gasteiger partial charge in [-0.05, 0) is 42.3 Å². The molecule has 0 spiro atoms. The summed E-state index contributed by atoms with van der Waals surface area (Å²) in [5.41, 5.74) is 1.98. The highest BCUT2D eigenvalue weighted by Gasteiger charge is 2.10. The van der Waals surface area contributed by atoms with Crippen molar-refractivity contribution in [1.82, 2.24) is 20.0 Å². The number of benzene rings is 1. The van der Waals surface area contributed by atoms with Crippen LogP contribution in [0.5, 0.6) is 0 Å².